The van der Waals surface area contributed by atoms with Gasteiger partial charge in [0.25, 0.3) is 0 Å². The van der Waals surface area contributed by atoms with Gasteiger partial charge in [0.1, 0.15) is 0 Å². The highest BCUT2D eigenvalue weighted by Crippen LogP contribution is 1.99. The Kier molecular flexibility index (Phi) is 4.59. The summed E-state index contributed by atoms with van der Waals surface area (Å²) in [5.74, 6) is 0. The molecule has 1 rings (SSSR count). The van der Waals surface area contributed by atoms with Crippen LogP contribution < -0.4 is 5.30 Å². The maximum absolute atomic E-state index is 3.65. The van der Waals surface area contributed by atoms with E-state index in [4.69, 9.17) is 0 Å². The third kappa shape index (κ3) is 2.64. The molecule has 0 bridgehead atoms. The van der Waals surface area contributed by atoms with E-state index in [1.165, 1.54) is 10.9 Å². The van der Waals surface area contributed by atoms with Crippen molar-refractivity contribution in [2.45, 2.75) is 0 Å². The van der Waals surface area contributed by atoms with Gasteiger partial charge in [-0.1, -0.05) is 36.9 Å². The smallest absolute Gasteiger partial charge is 0.0262 e. The standard InChI is InChI=1S/C8H9P.BrH/c1-2-7-3-5-8(9)6-4-7;/h2-6H,1,9H2;1H. The lowest BCUT2D eigenvalue weighted by atomic mass is 10.2. The Balaban J connectivity index is 0.000000810. The van der Waals surface area contributed by atoms with Crippen molar-refractivity contribution in [3.63, 3.8) is 0 Å². The molecule has 0 amide bonds. The minimum atomic E-state index is 0. The van der Waals surface area contributed by atoms with Crippen LogP contribution in [0.25, 0.3) is 6.08 Å². The molecule has 0 aliphatic heterocycles. The highest BCUT2D eigenvalue weighted by molar-refractivity contribution is 8.93. The van der Waals surface area contributed by atoms with E-state index >= 15 is 0 Å². The van der Waals surface area contributed by atoms with Crippen molar-refractivity contribution < 1.29 is 0 Å². The van der Waals surface area contributed by atoms with Crippen LogP contribution in [-0.2, 0) is 0 Å². The van der Waals surface area contributed by atoms with Crippen molar-refractivity contribution in [2.75, 3.05) is 0 Å². The molecule has 0 N–H and O–H groups in total. The molecule has 0 saturated heterocycles. The van der Waals surface area contributed by atoms with Crippen molar-refractivity contribution in [3.8, 4) is 0 Å². The van der Waals surface area contributed by atoms with Crippen LogP contribution in [0.5, 0.6) is 0 Å². The van der Waals surface area contributed by atoms with E-state index in [2.05, 4.69) is 15.8 Å². The van der Waals surface area contributed by atoms with Crippen LogP contribution in [0.4, 0.5) is 0 Å². The Hall–Kier alpha value is -0.130. The first-order valence-electron chi connectivity index (χ1n) is 2.81. The van der Waals surface area contributed by atoms with Gasteiger partial charge >= 0.3 is 0 Å². The lowest BCUT2D eigenvalue weighted by Gasteiger charge is -1.91. The molecule has 1 aromatic rings. The molecule has 0 fully saturated rings. The molecule has 0 saturated carbocycles. The molecule has 54 valence electrons. The molecule has 1 aromatic carbocycles. The van der Waals surface area contributed by atoms with Crippen molar-refractivity contribution in [1.82, 2.24) is 0 Å². The molecule has 1 unspecified atom stereocenters. The fourth-order valence-electron chi connectivity index (χ4n) is 0.632. The van der Waals surface area contributed by atoms with E-state index in [0.29, 0.717) is 0 Å². The van der Waals surface area contributed by atoms with Crippen LogP contribution in [0.2, 0.25) is 0 Å². The van der Waals surface area contributed by atoms with Crippen molar-refractivity contribution in [1.29, 1.82) is 0 Å². The molecule has 0 radical (unpaired) electrons. The number of benzene rings is 1. The van der Waals surface area contributed by atoms with Crippen LogP contribution in [0.1, 0.15) is 5.56 Å². The largest absolute Gasteiger partial charge is 0.114 e. The highest BCUT2D eigenvalue weighted by Gasteiger charge is 1.82. The summed E-state index contributed by atoms with van der Waals surface area (Å²) >= 11 is 0. The van der Waals surface area contributed by atoms with Gasteiger partial charge in [-0.05, 0) is 10.9 Å². The van der Waals surface area contributed by atoms with E-state index in [1.807, 2.05) is 30.3 Å². The Labute approximate surface area is 74.3 Å². The van der Waals surface area contributed by atoms with Crippen LogP contribution in [0, 0.1) is 0 Å². The third-order valence-corrected chi connectivity index (χ3v) is 1.56. The quantitative estimate of drug-likeness (QED) is 0.633. The number of hydrogen-bond acceptors (Lipinski definition) is 0. The Morgan fingerprint density at radius 3 is 2.10 bits per heavy atom. The lowest BCUT2D eigenvalue weighted by Crippen LogP contribution is -1.86. The SMILES string of the molecule is Br.C=Cc1ccc(P)cc1. The van der Waals surface area contributed by atoms with Crippen molar-refractivity contribution >= 4 is 37.6 Å². The van der Waals surface area contributed by atoms with E-state index in [1.54, 1.807) is 0 Å². The minimum Gasteiger partial charge on any atom is -0.114 e. The maximum Gasteiger partial charge on any atom is -0.0262 e. The predicted octanol–water partition coefficient (Wildman–Crippen LogP) is 2.41. The van der Waals surface area contributed by atoms with Crippen LogP contribution >= 0.6 is 26.2 Å². The predicted molar refractivity (Wildman–Crippen MR) is 56.2 cm³/mol. The van der Waals surface area contributed by atoms with Gasteiger partial charge in [-0.3, -0.25) is 0 Å². The molecule has 0 nitrogen and oxygen atoms in total. The van der Waals surface area contributed by atoms with E-state index in [9.17, 15) is 0 Å². The van der Waals surface area contributed by atoms with Gasteiger partial charge < -0.3 is 0 Å². The van der Waals surface area contributed by atoms with Gasteiger partial charge in [-0.15, -0.1) is 26.2 Å². The second-order valence-corrected chi connectivity index (χ2v) is 2.54. The first-order valence-corrected chi connectivity index (χ1v) is 3.38. The minimum absolute atomic E-state index is 0. The summed E-state index contributed by atoms with van der Waals surface area (Å²) in [6, 6.07) is 8.16. The molecule has 1 atom stereocenters. The van der Waals surface area contributed by atoms with Gasteiger partial charge in [0.05, 0.1) is 0 Å². The van der Waals surface area contributed by atoms with Gasteiger partial charge in [-0.2, -0.15) is 0 Å². The summed E-state index contributed by atoms with van der Waals surface area (Å²) < 4.78 is 0. The fraction of sp³-hybridized carbons (Fsp3) is 0. The highest BCUT2D eigenvalue weighted by atomic mass is 79.9. The maximum atomic E-state index is 3.65. The van der Waals surface area contributed by atoms with Gasteiger partial charge in [0.2, 0.25) is 0 Å². The second kappa shape index (κ2) is 4.65. The third-order valence-electron chi connectivity index (χ3n) is 1.17. The average Bonchev–Trinajstić information content (AvgIpc) is 1.90. The molecular formula is C8H10BrP. The van der Waals surface area contributed by atoms with Gasteiger partial charge in [0.15, 0.2) is 0 Å². The van der Waals surface area contributed by atoms with Crippen molar-refractivity contribution in [2.24, 2.45) is 0 Å². The van der Waals surface area contributed by atoms with E-state index < -0.39 is 0 Å². The molecule has 0 heterocycles. The molecular weight excluding hydrogens is 207 g/mol. The van der Waals surface area contributed by atoms with Gasteiger partial charge in [0, 0.05) is 0 Å². The number of rotatable bonds is 1. The Morgan fingerprint density at radius 2 is 1.70 bits per heavy atom. The fourth-order valence-corrected chi connectivity index (χ4v) is 0.825. The van der Waals surface area contributed by atoms with Crippen LogP contribution in [0.15, 0.2) is 30.8 Å². The van der Waals surface area contributed by atoms with Crippen LogP contribution in [-0.4, -0.2) is 0 Å². The lowest BCUT2D eigenvalue weighted by molar-refractivity contribution is 1.71. The van der Waals surface area contributed by atoms with Gasteiger partial charge in [-0.25, -0.2) is 0 Å². The zero-order valence-corrected chi connectivity index (χ0v) is 8.45. The summed E-state index contributed by atoms with van der Waals surface area (Å²) in [5, 5.41) is 1.21. The zero-order valence-electron chi connectivity index (χ0n) is 5.58. The molecule has 0 aliphatic carbocycles. The van der Waals surface area contributed by atoms with E-state index in [-0.39, 0.29) is 17.0 Å². The number of halogens is 1. The summed E-state index contributed by atoms with van der Waals surface area (Å²) in [6.45, 7) is 3.65. The van der Waals surface area contributed by atoms with E-state index in [0.717, 1.165) is 0 Å². The first kappa shape index (κ1) is 9.87. The summed E-state index contributed by atoms with van der Waals surface area (Å²) in [7, 11) is 2.64. The molecule has 0 aromatic heterocycles. The number of hydrogen-bond donors (Lipinski definition) is 0. The first-order chi connectivity index (χ1) is 4.33. The Morgan fingerprint density at radius 1 is 1.20 bits per heavy atom. The van der Waals surface area contributed by atoms with Crippen molar-refractivity contribution in [3.05, 3.63) is 36.4 Å². The summed E-state index contributed by atoms with van der Waals surface area (Å²) in [5.41, 5.74) is 1.17. The summed E-state index contributed by atoms with van der Waals surface area (Å²) in [6.07, 6.45) is 1.84. The second-order valence-electron chi connectivity index (χ2n) is 1.87. The average molecular weight is 217 g/mol. The molecule has 2 heteroatoms. The zero-order chi connectivity index (χ0) is 6.69. The van der Waals surface area contributed by atoms with Crippen LogP contribution in [0.3, 0.4) is 0 Å². The monoisotopic (exact) mass is 216 g/mol. The topological polar surface area (TPSA) is 0 Å². The molecule has 10 heavy (non-hydrogen) atoms. The summed E-state index contributed by atoms with van der Waals surface area (Å²) in [4.78, 5) is 0. The normalized spacial score (nSPS) is 8.10. The molecule has 0 spiro atoms. The Bertz CT molecular complexity index is 203. The molecule has 0 aliphatic rings.